The predicted molar refractivity (Wildman–Crippen MR) is 91.7 cm³/mol. The maximum atomic E-state index is 10.1. The standard InChI is InChI=1S/C18H18Cl2O/c1-2-5-18(21)14-7-3-6-13(12-14)10-11-15-16(19)8-4-9-17(15)20/h3-4,6-12,18,21H,2,5H2,1H3/b11-10+. The van der Waals surface area contributed by atoms with Crippen molar-refractivity contribution in [3.63, 3.8) is 0 Å². The Morgan fingerprint density at radius 3 is 2.38 bits per heavy atom. The van der Waals surface area contributed by atoms with Crippen molar-refractivity contribution in [1.29, 1.82) is 0 Å². The van der Waals surface area contributed by atoms with E-state index >= 15 is 0 Å². The Kier molecular flexibility index (Phi) is 5.86. The summed E-state index contributed by atoms with van der Waals surface area (Å²) in [5.41, 5.74) is 2.75. The highest BCUT2D eigenvalue weighted by atomic mass is 35.5. The summed E-state index contributed by atoms with van der Waals surface area (Å²) in [6, 6.07) is 13.3. The van der Waals surface area contributed by atoms with Crippen LogP contribution >= 0.6 is 23.2 Å². The average Bonchev–Trinajstić information content (AvgIpc) is 2.47. The van der Waals surface area contributed by atoms with E-state index in [-0.39, 0.29) is 0 Å². The van der Waals surface area contributed by atoms with Crippen molar-refractivity contribution in [3.8, 4) is 0 Å². The smallest absolute Gasteiger partial charge is 0.0790 e. The first kappa shape index (κ1) is 16.1. The van der Waals surface area contributed by atoms with E-state index in [4.69, 9.17) is 23.2 Å². The molecular weight excluding hydrogens is 303 g/mol. The lowest BCUT2D eigenvalue weighted by atomic mass is 10.0. The minimum atomic E-state index is -0.410. The SMILES string of the molecule is CCCC(O)c1cccc(/C=C/c2c(Cl)cccc2Cl)c1. The van der Waals surface area contributed by atoms with Crippen LogP contribution in [0.2, 0.25) is 10.0 Å². The topological polar surface area (TPSA) is 20.2 Å². The molecular formula is C18H18Cl2O. The van der Waals surface area contributed by atoms with Gasteiger partial charge in [0, 0.05) is 15.6 Å². The highest BCUT2D eigenvalue weighted by Gasteiger charge is 2.06. The van der Waals surface area contributed by atoms with Gasteiger partial charge in [0.05, 0.1) is 6.10 Å². The zero-order chi connectivity index (χ0) is 15.2. The third kappa shape index (κ3) is 4.34. The van der Waals surface area contributed by atoms with Gasteiger partial charge in [-0.3, -0.25) is 0 Å². The van der Waals surface area contributed by atoms with Gasteiger partial charge >= 0.3 is 0 Å². The molecule has 0 aliphatic heterocycles. The molecule has 2 aromatic carbocycles. The highest BCUT2D eigenvalue weighted by Crippen LogP contribution is 2.27. The van der Waals surface area contributed by atoms with Crippen LogP contribution in [0, 0.1) is 0 Å². The summed E-state index contributed by atoms with van der Waals surface area (Å²) in [4.78, 5) is 0. The van der Waals surface area contributed by atoms with Crippen molar-refractivity contribution < 1.29 is 5.11 Å². The minimum Gasteiger partial charge on any atom is -0.388 e. The van der Waals surface area contributed by atoms with Crippen molar-refractivity contribution in [2.45, 2.75) is 25.9 Å². The van der Waals surface area contributed by atoms with Gasteiger partial charge in [0.1, 0.15) is 0 Å². The van der Waals surface area contributed by atoms with E-state index < -0.39 is 6.10 Å². The van der Waals surface area contributed by atoms with Crippen LogP contribution < -0.4 is 0 Å². The van der Waals surface area contributed by atoms with Crippen molar-refractivity contribution in [2.75, 3.05) is 0 Å². The van der Waals surface area contributed by atoms with Crippen molar-refractivity contribution in [2.24, 2.45) is 0 Å². The summed E-state index contributed by atoms with van der Waals surface area (Å²) >= 11 is 12.3. The largest absolute Gasteiger partial charge is 0.388 e. The lowest BCUT2D eigenvalue weighted by Gasteiger charge is -2.10. The molecule has 1 nitrogen and oxygen atoms in total. The molecule has 0 aromatic heterocycles. The molecule has 1 N–H and O–H groups in total. The van der Waals surface area contributed by atoms with Crippen molar-refractivity contribution >= 4 is 35.4 Å². The Bertz CT molecular complexity index is 615. The summed E-state index contributed by atoms with van der Waals surface area (Å²) in [5, 5.41) is 11.3. The molecule has 1 atom stereocenters. The van der Waals surface area contributed by atoms with Crippen molar-refractivity contribution in [3.05, 3.63) is 69.2 Å². The van der Waals surface area contributed by atoms with Crippen LogP contribution in [0.15, 0.2) is 42.5 Å². The van der Waals surface area contributed by atoms with E-state index in [2.05, 4.69) is 6.92 Å². The fourth-order valence-electron chi connectivity index (χ4n) is 2.16. The van der Waals surface area contributed by atoms with Gasteiger partial charge in [-0.2, -0.15) is 0 Å². The first-order chi connectivity index (χ1) is 10.1. The Balaban J connectivity index is 2.23. The van der Waals surface area contributed by atoms with Crippen LogP contribution in [0.3, 0.4) is 0 Å². The molecule has 0 aliphatic carbocycles. The molecule has 0 spiro atoms. The zero-order valence-corrected chi connectivity index (χ0v) is 13.4. The summed E-state index contributed by atoms with van der Waals surface area (Å²) in [6.45, 7) is 2.06. The van der Waals surface area contributed by atoms with Crippen LogP contribution in [0.5, 0.6) is 0 Å². The third-order valence-corrected chi connectivity index (χ3v) is 3.96. The maximum absolute atomic E-state index is 10.1. The predicted octanol–water partition coefficient (Wildman–Crippen LogP) is 6.00. The Morgan fingerprint density at radius 1 is 1.05 bits per heavy atom. The lowest BCUT2D eigenvalue weighted by Crippen LogP contribution is -1.96. The van der Waals surface area contributed by atoms with E-state index in [1.54, 1.807) is 0 Å². The van der Waals surface area contributed by atoms with E-state index in [1.807, 2.05) is 54.6 Å². The number of aliphatic hydroxyl groups is 1. The molecule has 1 unspecified atom stereocenters. The van der Waals surface area contributed by atoms with Gasteiger partial charge in [0.15, 0.2) is 0 Å². The van der Waals surface area contributed by atoms with Crippen LogP contribution in [-0.2, 0) is 0 Å². The second-order valence-electron chi connectivity index (χ2n) is 4.94. The first-order valence-corrected chi connectivity index (χ1v) is 7.77. The number of rotatable bonds is 5. The van der Waals surface area contributed by atoms with Gasteiger partial charge in [-0.15, -0.1) is 0 Å². The summed E-state index contributed by atoms with van der Waals surface area (Å²) in [5.74, 6) is 0. The molecule has 0 saturated carbocycles. The van der Waals surface area contributed by atoms with Gasteiger partial charge in [0.25, 0.3) is 0 Å². The molecule has 0 aliphatic rings. The molecule has 0 fully saturated rings. The second-order valence-corrected chi connectivity index (χ2v) is 5.76. The van der Waals surface area contributed by atoms with E-state index in [9.17, 15) is 5.11 Å². The number of hydrogen-bond acceptors (Lipinski definition) is 1. The Labute approximate surface area is 135 Å². The Hall–Kier alpha value is -1.28. The van der Waals surface area contributed by atoms with Crippen LogP contribution in [0.1, 0.15) is 42.6 Å². The molecule has 2 rings (SSSR count). The zero-order valence-electron chi connectivity index (χ0n) is 11.9. The monoisotopic (exact) mass is 320 g/mol. The minimum absolute atomic E-state index is 0.410. The molecule has 0 radical (unpaired) electrons. The van der Waals surface area contributed by atoms with Gasteiger partial charge in [-0.25, -0.2) is 0 Å². The molecule has 21 heavy (non-hydrogen) atoms. The molecule has 0 heterocycles. The number of aliphatic hydroxyl groups excluding tert-OH is 1. The van der Waals surface area contributed by atoms with Crippen LogP contribution in [0.4, 0.5) is 0 Å². The fraction of sp³-hybridized carbons (Fsp3) is 0.222. The summed E-state index contributed by atoms with van der Waals surface area (Å²) in [7, 11) is 0. The number of halogens is 2. The van der Waals surface area contributed by atoms with Gasteiger partial charge in [-0.1, -0.05) is 73.0 Å². The number of hydrogen-bond donors (Lipinski definition) is 1. The molecule has 0 saturated heterocycles. The molecule has 0 bridgehead atoms. The third-order valence-electron chi connectivity index (χ3n) is 3.30. The number of benzene rings is 2. The normalized spacial score (nSPS) is 12.8. The van der Waals surface area contributed by atoms with Gasteiger partial charge in [0.2, 0.25) is 0 Å². The molecule has 2 aromatic rings. The van der Waals surface area contributed by atoms with E-state index in [0.717, 1.165) is 29.5 Å². The molecule has 110 valence electrons. The Morgan fingerprint density at radius 2 is 1.71 bits per heavy atom. The maximum Gasteiger partial charge on any atom is 0.0790 e. The fourth-order valence-corrected chi connectivity index (χ4v) is 2.68. The lowest BCUT2D eigenvalue weighted by molar-refractivity contribution is 0.166. The van der Waals surface area contributed by atoms with Crippen LogP contribution in [0.25, 0.3) is 12.2 Å². The highest BCUT2D eigenvalue weighted by molar-refractivity contribution is 6.37. The molecule has 3 heteroatoms. The average molecular weight is 321 g/mol. The van der Waals surface area contributed by atoms with Crippen LogP contribution in [-0.4, -0.2) is 5.11 Å². The van der Waals surface area contributed by atoms with E-state index in [0.29, 0.717) is 10.0 Å². The van der Waals surface area contributed by atoms with Gasteiger partial charge in [-0.05, 0) is 35.7 Å². The summed E-state index contributed by atoms with van der Waals surface area (Å²) < 4.78 is 0. The first-order valence-electron chi connectivity index (χ1n) is 7.02. The second kappa shape index (κ2) is 7.65. The quantitative estimate of drug-likeness (QED) is 0.670. The molecule has 0 amide bonds. The summed E-state index contributed by atoms with van der Waals surface area (Å²) in [6.07, 6.45) is 5.16. The van der Waals surface area contributed by atoms with E-state index in [1.165, 1.54) is 0 Å². The van der Waals surface area contributed by atoms with Gasteiger partial charge < -0.3 is 5.11 Å². The van der Waals surface area contributed by atoms with Crippen molar-refractivity contribution in [1.82, 2.24) is 0 Å².